The first-order valence-corrected chi connectivity index (χ1v) is 20.2. The molecule has 0 fully saturated rings. The zero-order chi connectivity index (χ0) is 39.3. The largest absolute Gasteiger partial charge is 0.310 e. The van der Waals surface area contributed by atoms with Crippen molar-refractivity contribution < 1.29 is 0 Å². The summed E-state index contributed by atoms with van der Waals surface area (Å²) in [6.45, 7) is 13.9. The van der Waals surface area contributed by atoms with Crippen molar-refractivity contribution in [3.05, 3.63) is 199 Å². The lowest BCUT2D eigenvalue weighted by atomic mass is 9.80. The van der Waals surface area contributed by atoms with Crippen molar-refractivity contribution in [1.82, 2.24) is 0 Å². The van der Waals surface area contributed by atoms with Crippen LogP contribution in [-0.2, 0) is 10.8 Å². The van der Waals surface area contributed by atoms with E-state index in [1.54, 1.807) is 0 Å². The van der Waals surface area contributed by atoms with Gasteiger partial charge in [-0.05, 0) is 112 Å². The summed E-state index contributed by atoms with van der Waals surface area (Å²) in [5, 5.41) is 7.59. The molecule has 0 radical (unpaired) electrons. The average Bonchev–Trinajstić information content (AvgIpc) is 3.23. The number of anilines is 3. The predicted octanol–water partition coefficient (Wildman–Crippen LogP) is 16.2. The highest BCUT2D eigenvalue weighted by molar-refractivity contribution is 6.12. The molecule has 0 atom stereocenters. The molecule has 0 aliphatic rings. The fourth-order valence-electron chi connectivity index (χ4n) is 8.44. The van der Waals surface area contributed by atoms with Gasteiger partial charge in [0.1, 0.15) is 0 Å². The van der Waals surface area contributed by atoms with Crippen LogP contribution in [0.15, 0.2) is 188 Å². The summed E-state index contributed by atoms with van der Waals surface area (Å²) in [7, 11) is 0. The number of rotatable bonds is 6. The fourth-order valence-corrected chi connectivity index (χ4v) is 8.44. The Morgan fingerprint density at radius 3 is 1.60 bits per heavy atom. The van der Waals surface area contributed by atoms with Crippen molar-refractivity contribution in [2.24, 2.45) is 0 Å². The molecule has 0 saturated carbocycles. The lowest BCUT2D eigenvalue weighted by Gasteiger charge is -2.32. The zero-order valence-electron chi connectivity index (χ0n) is 33.8. The molecule has 0 saturated heterocycles. The number of benzene rings is 9. The summed E-state index contributed by atoms with van der Waals surface area (Å²) in [6, 6.07) is 69.5. The Bertz CT molecular complexity index is 2870. The maximum Gasteiger partial charge on any atom is 0.0540 e. The van der Waals surface area contributed by atoms with Gasteiger partial charge in [-0.15, -0.1) is 0 Å². The molecule has 1 heteroatoms. The molecule has 0 N–H and O–H groups in total. The molecule has 0 heterocycles. The molecule has 0 aromatic heterocycles. The minimum absolute atomic E-state index is 0.0379. The van der Waals surface area contributed by atoms with Crippen LogP contribution in [0, 0.1) is 0 Å². The Morgan fingerprint density at radius 2 is 0.877 bits per heavy atom. The topological polar surface area (TPSA) is 3.24 Å². The van der Waals surface area contributed by atoms with Crippen LogP contribution in [0.1, 0.15) is 52.7 Å². The molecule has 9 aromatic rings. The van der Waals surface area contributed by atoms with Crippen molar-refractivity contribution >= 4 is 49.4 Å². The van der Waals surface area contributed by atoms with Crippen LogP contribution in [-0.4, -0.2) is 0 Å². The first kappa shape index (κ1) is 36.2. The predicted molar refractivity (Wildman–Crippen MR) is 247 cm³/mol. The molecule has 0 aliphatic carbocycles. The molecule has 0 unspecified atom stereocenters. The van der Waals surface area contributed by atoms with Crippen LogP contribution in [0.3, 0.4) is 0 Å². The second-order valence-electron chi connectivity index (χ2n) is 17.4. The Balaban J connectivity index is 1.27. The van der Waals surface area contributed by atoms with E-state index in [1.807, 2.05) is 0 Å². The molecule has 9 rings (SSSR count). The zero-order valence-corrected chi connectivity index (χ0v) is 33.8. The van der Waals surface area contributed by atoms with Crippen molar-refractivity contribution in [3.63, 3.8) is 0 Å². The number of hydrogen-bond donors (Lipinski definition) is 0. The number of nitrogens with zero attached hydrogens (tertiary/aromatic N) is 1. The summed E-state index contributed by atoms with van der Waals surface area (Å²) in [5.74, 6) is 0. The van der Waals surface area contributed by atoms with E-state index in [0.29, 0.717) is 0 Å². The second-order valence-corrected chi connectivity index (χ2v) is 17.4. The lowest BCUT2D eigenvalue weighted by Crippen LogP contribution is -2.19. The maximum absolute atomic E-state index is 2.49. The molecule has 0 bridgehead atoms. The van der Waals surface area contributed by atoms with E-state index < -0.39 is 0 Å². The van der Waals surface area contributed by atoms with Crippen LogP contribution >= 0.6 is 0 Å². The summed E-state index contributed by atoms with van der Waals surface area (Å²) in [6.07, 6.45) is 0. The monoisotopic (exact) mass is 735 g/mol. The number of para-hydroxylation sites is 1. The van der Waals surface area contributed by atoms with Gasteiger partial charge in [-0.3, -0.25) is 0 Å². The molecular formula is C56H49N. The molecule has 278 valence electrons. The van der Waals surface area contributed by atoms with E-state index in [4.69, 9.17) is 0 Å². The standard InChI is InChI=1S/C56H49N/c1-55(2,3)42-35-43(56(4,5)6)37-45(36-42)57(44-32-29-40(30-33-44)47-24-16-26-49-46-22-11-10-19-39(46)31-34-50(47)49)53-28-13-12-23-51(53)52-27-15-21-41-20-14-25-48(54(41)52)38-17-8-7-9-18-38/h7-37H,1-6H3. The minimum atomic E-state index is -0.0379. The van der Waals surface area contributed by atoms with Crippen LogP contribution in [0.2, 0.25) is 0 Å². The molecule has 0 spiro atoms. The van der Waals surface area contributed by atoms with E-state index >= 15 is 0 Å². The van der Waals surface area contributed by atoms with Gasteiger partial charge in [-0.25, -0.2) is 0 Å². The normalized spacial score (nSPS) is 12.0. The third-order valence-electron chi connectivity index (χ3n) is 11.6. The van der Waals surface area contributed by atoms with E-state index in [-0.39, 0.29) is 10.8 Å². The highest BCUT2D eigenvalue weighted by Crippen LogP contribution is 2.47. The molecule has 0 amide bonds. The summed E-state index contributed by atoms with van der Waals surface area (Å²) in [4.78, 5) is 2.49. The molecule has 57 heavy (non-hydrogen) atoms. The Labute approximate surface area is 337 Å². The lowest BCUT2D eigenvalue weighted by molar-refractivity contribution is 0.569. The van der Waals surface area contributed by atoms with Gasteiger partial charge in [0.15, 0.2) is 0 Å². The first-order chi connectivity index (χ1) is 27.5. The van der Waals surface area contributed by atoms with Gasteiger partial charge in [0.25, 0.3) is 0 Å². The van der Waals surface area contributed by atoms with Gasteiger partial charge in [-0.2, -0.15) is 0 Å². The number of fused-ring (bicyclic) bond motifs is 4. The van der Waals surface area contributed by atoms with Crippen molar-refractivity contribution in [1.29, 1.82) is 0 Å². The second kappa shape index (κ2) is 14.3. The first-order valence-electron chi connectivity index (χ1n) is 20.2. The Morgan fingerprint density at radius 1 is 0.333 bits per heavy atom. The van der Waals surface area contributed by atoms with Gasteiger partial charge in [0.05, 0.1) is 5.69 Å². The Hall–Kier alpha value is -6.44. The average molecular weight is 736 g/mol. The van der Waals surface area contributed by atoms with E-state index in [1.165, 1.54) is 76.8 Å². The van der Waals surface area contributed by atoms with Crippen molar-refractivity contribution in [2.45, 2.75) is 52.4 Å². The van der Waals surface area contributed by atoms with Crippen molar-refractivity contribution in [3.8, 4) is 33.4 Å². The minimum Gasteiger partial charge on any atom is -0.310 e. The maximum atomic E-state index is 2.49. The highest BCUT2D eigenvalue weighted by Gasteiger charge is 2.25. The summed E-state index contributed by atoms with van der Waals surface area (Å²) in [5.41, 5.74) is 13.3. The van der Waals surface area contributed by atoms with Crippen molar-refractivity contribution in [2.75, 3.05) is 4.90 Å². The third-order valence-corrected chi connectivity index (χ3v) is 11.6. The molecule has 0 aliphatic heterocycles. The smallest absolute Gasteiger partial charge is 0.0540 e. The van der Waals surface area contributed by atoms with Crippen LogP contribution in [0.4, 0.5) is 17.1 Å². The van der Waals surface area contributed by atoms with E-state index in [2.05, 4.69) is 234 Å². The summed E-state index contributed by atoms with van der Waals surface area (Å²) >= 11 is 0. The SMILES string of the molecule is CC(C)(C)c1cc(N(c2ccc(-c3cccc4c3ccc3ccccc34)cc2)c2ccccc2-c2cccc3cccc(-c4ccccc4)c23)cc(C(C)(C)C)c1. The van der Waals surface area contributed by atoms with Crippen LogP contribution < -0.4 is 4.90 Å². The van der Waals surface area contributed by atoms with Gasteiger partial charge >= 0.3 is 0 Å². The van der Waals surface area contributed by atoms with Crippen LogP contribution in [0.25, 0.3) is 65.7 Å². The van der Waals surface area contributed by atoms with Gasteiger partial charge in [0.2, 0.25) is 0 Å². The van der Waals surface area contributed by atoms with Gasteiger partial charge in [-0.1, -0.05) is 199 Å². The van der Waals surface area contributed by atoms with E-state index in [9.17, 15) is 0 Å². The molecular weight excluding hydrogens is 687 g/mol. The van der Waals surface area contributed by atoms with E-state index in [0.717, 1.165) is 17.1 Å². The molecule has 9 aromatic carbocycles. The third kappa shape index (κ3) is 6.78. The molecule has 1 nitrogen and oxygen atoms in total. The van der Waals surface area contributed by atoms with Gasteiger partial charge < -0.3 is 4.90 Å². The van der Waals surface area contributed by atoms with Gasteiger partial charge in [0, 0.05) is 16.9 Å². The quantitative estimate of drug-likeness (QED) is 0.154. The highest BCUT2D eigenvalue weighted by atomic mass is 15.1. The van der Waals surface area contributed by atoms with Crippen LogP contribution in [0.5, 0.6) is 0 Å². The summed E-state index contributed by atoms with van der Waals surface area (Å²) < 4.78 is 0. The Kier molecular flexibility index (Phi) is 9.05. The number of hydrogen-bond acceptors (Lipinski definition) is 1. The fraction of sp³-hybridized carbons (Fsp3) is 0.143.